The molecule has 1 saturated heterocycles. The molecule has 2 aliphatic rings. The van der Waals surface area contributed by atoms with Gasteiger partial charge in [0.2, 0.25) is 0 Å². The van der Waals surface area contributed by atoms with Gasteiger partial charge in [0.1, 0.15) is 12.4 Å². The van der Waals surface area contributed by atoms with E-state index in [1.807, 2.05) is 24.3 Å². The van der Waals surface area contributed by atoms with Gasteiger partial charge in [-0.15, -0.1) is 0 Å². The molecule has 8 nitrogen and oxygen atoms in total. The smallest absolute Gasteiger partial charge is 0.407 e. The summed E-state index contributed by atoms with van der Waals surface area (Å²) in [7, 11) is 0. The number of benzene rings is 2. The van der Waals surface area contributed by atoms with Crippen molar-refractivity contribution >= 4 is 18.0 Å². The van der Waals surface area contributed by atoms with Gasteiger partial charge in [-0.25, -0.2) is 4.79 Å². The second-order valence-corrected chi connectivity index (χ2v) is 8.62. The van der Waals surface area contributed by atoms with Crippen LogP contribution in [-0.2, 0) is 16.1 Å². The van der Waals surface area contributed by atoms with Gasteiger partial charge < -0.3 is 24.5 Å². The molecule has 1 aliphatic carbocycles. The Labute approximate surface area is 196 Å². The van der Waals surface area contributed by atoms with Crippen molar-refractivity contribution in [2.75, 3.05) is 19.7 Å². The van der Waals surface area contributed by atoms with Crippen LogP contribution in [0.25, 0.3) is 11.1 Å². The van der Waals surface area contributed by atoms with Crippen LogP contribution in [0.3, 0.4) is 0 Å². The summed E-state index contributed by atoms with van der Waals surface area (Å²) in [5, 5.41) is 11.5. The molecule has 0 atom stereocenters. The number of carbonyl (C=O) groups excluding carboxylic acids is 2. The SMILES string of the molecule is O=C(O)CC1CN(C(=O)c2ccc(CNC(=O)OCC3c4ccccc4-c4ccccc43)o2)C1. The number of aliphatic carboxylic acids is 1. The van der Waals surface area contributed by atoms with Gasteiger partial charge >= 0.3 is 12.1 Å². The second-order valence-electron chi connectivity index (χ2n) is 8.62. The first kappa shape index (κ1) is 21.8. The predicted octanol–water partition coefficient (Wildman–Crippen LogP) is 3.87. The van der Waals surface area contributed by atoms with Gasteiger partial charge in [0, 0.05) is 24.9 Å². The van der Waals surface area contributed by atoms with E-state index in [0.29, 0.717) is 18.8 Å². The Morgan fingerprint density at radius 1 is 0.971 bits per heavy atom. The normalized spacial score (nSPS) is 14.8. The molecule has 1 fully saturated rings. The molecular formula is C26H24N2O6. The topological polar surface area (TPSA) is 109 Å². The quantitative estimate of drug-likeness (QED) is 0.554. The lowest BCUT2D eigenvalue weighted by molar-refractivity contribution is -0.139. The zero-order valence-corrected chi connectivity index (χ0v) is 18.4. The van der Waals surface area contributed by atoms with Crippen molar-refractivity contribution in [1.29, 1.82) is 0 Å². The van der Waals surface area contributed by atoms with Gasteiger partial charge in [0.15, 0.2) is 5.76 Å². The highest BCUT2D eigenvalue weighted by Gasteiger charge is 2.34. The molecule has 1 aromatic heterocycles. The minimum absolute atomic E-state index is 0.0209. The minimum Gasteiger partial charge on any atom is -0.481 e. The first-order valence-corrected chi connectivity index (χ1v) is 11.2. The lowest BCUT2D eigenvalue weighted by Gasteiger charge is -2.37. The van der Waals surface area contributed by atoms with Crippen LogP contribution in [0.5, 0.6) is 0 Å². The van der Waals surface area contributed by atoms with Crippen LogP contribution in [0.4, 0.5) is 4.79 Å². The molecule has 0 bridgehead atoms. The van der Waals surface area contributed by atoms with Crippen LogP contribution >= 0.6 is 0 Å². The number of carboxylic acids is 1. The minimum atomic E-state index is -0.864. The number of nitrogens with zero attached hydrogens (tertiary/aromatic N) is 1. The molecule has 2 N–H and O–H groups in total. The molecule has 8 heteroatoms. The zero-order chi connectivity index (χ0) is 23.7. The highest BCUT2D eigenvalue weighted by Crippen LogP contribution is 2.44. The van der Waals surface area contributed by atoms with Crippen LogP contribution in [0.2, 0.25) is 0 Å². The summed E-state index contributed by atoms with van der Waals surface area (Å²) in [4.78, 5) is 37.1. The number of hydrogen-bond acceptors (Lipinski definition) is 5. The number of alkyl carbamates (subject to hydrolysis) is 1. The number of rotatable bonds is 7. The molecule has 174 valence electrons. The Morgan fingerprint density at radius 3 is 2.26 bits per heavy atom. The highest BCUT2D eigenvalue weighted by molar-refractivity contribution is 5.92. The highest BCUT2D eigenvalue weighted by atomic mass is 16.5. The van der Waals surface area contributed by atoms with Crippen molar-refractivity contribution in [2.24, 2.45) is 5.92 Å². The second kappa shape index (κ2) is 9.05. The number of amides is 2. The van der Waals surface area contributed by atoms with Crippen molar-refractivity contribution in [3.05, 3.63) is 83.3 Å². The first-order chi connectivity index (χ1) is 16.5. The maximum absolute atomic E-state index is 12.4. The lowest BCUT2D eigenvalue weighted by Crippen LogP contribution is -2.50. The Hall–Kier alpha value is -4.07. The van der Waals surface area contributed by atoms with E-state index in [1.165, 1.54) is 0 Å². The van der Waals surface area contributed by atoms with Gasteiger partial charge in [-0.3, -0.25) is 9.59 Å². The van der Waals surface area contributed by atoms with Gasteiger partial charge in [-0.05, 0) is 34.4 Å². The molecule has 1 aliphatic heterocycles. The molecule has 0 spiro atoms. The van der Waals surface area contributed by atoms with Gasteiger partial charge in [-0.2, -0.15) is 0 Å². The lowest BCUT2D eigenvalue weighted by atomic mass is 9.96. The fourth-order valence-electron chi connectivity index (χ4n) is 4.66. The summed E-state index contributed by atoms with van der Waals surface area (Å²) in [5.74, 6) is -0.595. The number of furan rings is 1. The van der Waals surface area contributed by atoms with Gasteiger partial charge in [0.25, 0.3) is 5.91 Å². The van der Waals surface area contributed by atoms with Crippen molar-refractivity contribution in [2.45, 2.75) is 18.9 Å². The average molecular weight is 460 g/mol. The zero-order valence-electron chi connectivity index (χ0n) is 18.4. The number of likely N-dealkylation sites (tertiary alicyclic amines) is 1. The molecule has 5 rings (SSSR count). The Bertz CT molecular complexity index is 1200. The molecule has 0 saturated carbocycles. The third-order valence-electron chi connectivity index (χ3n) is 6.33. The fraction of sp³-hybridized carbons (Fsp3) is 0.269. The summed E-state index contributed by atoms with van der Waals surface area (Å²) < 4.78 is 11.1. The Kier molecular flexibility index (Phi) is 5.79. The van der Waals surface area contributed by atoms with Crippen molar-refractivity contribution in [1.82, 2.24) is 10.2 Å². The van der Waals surface area contributed by atoms with Crippen LogP contribution in [0.15, 0.2) is 65.1 Å². The average Bonchev–Trinajstić information content (AvgIpc) is 3.41. The maximum Gasteiger partial charge on any atom is 0.407 e. The van der Waals surface area contributed by atoms with Crippen LogP contribution in [0, 0.1) is 5.92 Å². The summed E-state index contributed by atoms with van der Waals surface area (Å²) in [6.07, 6.45) is -0.512. The molecule has 2 amide bonds. The predicted molar refractivity (Wildman–Crippen MR) is 122 cm³/mol. The standard InChI is InChI=1S/C26H24N2O6/c29-24(30)11-16-13-28(14-16)25(31)23-10-9-17(34-23)12-27-26(32)33-15-22-20-7-3-1-5-18(20)19-6-2-4-8-21(19)22/h1-10,16,22H,11-15H2,(H,27,32)(H,29,30). The van der Waals surface area contributed by atoms with Crippen LogP contribution in [0.1, 0.15) is 39.8 Å². The number of fused-ring (bicyclic) bond motifs is 3. The van der Waals surface area contributed by atoms with Crippen LogP contribution in [-0.4, -0.2) is 47.7 Å². The summed E-state index contributed by atoms with van der Waals surface area (Å²) in [6.45, 7) is 1.11. The molecular weight excluding hydrogens is 436 g/mol. The van der Waals surface area contributed by atoms with E-state index in [4.69, 9.17) is 14.3 Å². The van der Waals surface area contributed by atoms with E-state index in [9.17, 15) is 14.4 Å². The molecule has 2 heterocycles. The number of ether oxygens (including phenoxy) is 1. The summed E-state index contributed by atoms with van der Waals surface area (Å²) in [6, 6.07) is 19.4. The van der Waals surface area contributed by atoms with Crippen molar-refractivity contribution in [3.8, 4) is 11.1 Å². The number of hydrogen-bond donors (Lipinski definition) is 2. The van der Waals surface area contributed by atoms with E-state index < -0.39 is 12.1 Å². The Morgan fingerprint density at radius 2 is 1.62 bits per heavy atom. The van der Waals surface area contributed by atoms with E-state index in [0.717, 1.165) is 22.3 Å². The van der Waals surface area contributed by atoms with Gasteiger partial charge in [-0.1, -0.05) is 48.5 Å². The number of carboxylic acid groups (broad SMARTS) is 1. The molecule has 0 unspecified atom stereocenters. The monoisotopic (exact) mass is 460 g/mol. The molecule has 0 radical (unpaired) electrons. The number of carbonyl (C=O) groups is 3. The maximum atomic E-state index is 12.4. The molecule has 34 heavy (non-hydrogen) atoms. The van der Waals surface area contributed by atoms with Gasteiger partial charge in [0.05, 0.1) is 13.0 Å². The first-order valence-electron chi connectivity index (χ1n) is 11.2. The molecule has 2 aromatic carbocycles. The number of nitrogens with one attached hydrogen (secondary N) is 1. The van der Waals surface area contributed by atoms with Crippen molar-refractivity contribution in [3.63, 3.8) is 0 Å². The van der Waals surface area contributed by atoms with E-state index in [-0.39, 0.29) is 43.1 Å². The summed E-state index contributed by atoms with van der Waals surface area (Å²) >= 11 is 0. The summed E-state index contributed by atoms with van der Waals surface area (Å²) in [5.41, 5.74) is 4.61. The van der Waals surface area contributed by atoms with E-state index in [2.05, 4.69) is 29.6 Å². The van der Waals surface area contributed by atoms with E-state index in [1.54, 1.807) is 17.0 Å². The third-order valence-corrected chi connectivity index (χ3v) is 6.33. The molecule has 3 aromatic rings. The fourth-order valence-corrected chi connectivity index (χ4v) is 4.66. The van der Waals surface area contributed by atoms with Crippen molar-refractivity contribution < 1.29 is 28.6 Å². The Balaban J connectivity index is 1.12. The third kappa shape index (κ3) is 4.26. The largest absolute Gasteiger partial charge is 0.481 e. The van der Waals surface area contributed by atoms with Crippen LogP contribution < -0.4 is 5.32 Å². The van der Waals surface area contributed by atoms with E-state index >= 15 is 0 Å².